The summed E-state index contributed by atoms with van der Waals surface area (Å²) in [6.07, 6.45) is 1.76. The molecule has 5 nitrogen and oxygen atoms in total. The van der Waals surface area contributed by atoms with Crippen LogP contribution in [0.5, 0.6) is 0 Å². The van der Waals surface area contributed by atoms with Crippen LogP contribution in [0, 0.1) is 11.8 Å². The third-order valence-corrected chi connectivity index (χ3v) is 4.11. The molecule has 0 saturated carbocycles. The van der Waals surface area contributed by atoms with Crippen LogP contribution in [0.3, 0.4) is 0 Å². The van der Waals surface area contributed by atoms with E-state index in [1.807, 2.05) is 12.1 Å². The lowest BCUT2D eigenvalue weighted by Crippen LogP contribution is -2.13. The van der Waals surface area contributed by atoms with Crippen LogP contribution in [0.1, 0.15) is 39.0 Å². The molecule has 2 aliphatic rings. The van der Waals surface area contributed by atoms with Gasteiger partial charge < -0.3 is 9.47 Å². The van der Waals surface area contributed by atoms with Crippen LogP contribution >= 0.6 is 0 Å². The van der Waals surface area contributed by atoms with E-state index < -0.39 is 0 Å². The van der Waals surface area contributed by atoms with E-state index in [0.717, 1.165) is 11.3 Å². The molecule has 22 heavy (non-hydrogen) atoms. The first-order chi connectivity index (χ1) is 10.5. The van der Waals surface area contributed by atoms with Crippen LogP contribution in [0.4, 0.5) is 0 Å². The number of pyridine rings is 1. The minimum Gasteiger partial charge on any atom is -0.475 e. The molecule has 5 heteroatoms. The Morgan fingerprint density at radius 1 is 0.955 bits per heavy atom. The topological polar surface area (TPSA) is 56.1 Å². The lowest BCUT2D eigenvalue weighted by Gasteiger charge is -2.06. The minimum atomic E-state index is 0.214. The Bertz CT molecular complexity index is 558. The molecule has 3 heterocycles. The predicted molar refractivity (Wildman–Crippen MR) is 86.5 cm³/mol. The maximum Gasteiger partial charge on any atom is 0.235 e. The average Bonchev–Trinajstić information content (AvgIpc) is 3.17. The van der Waals surface area contributed by atoms with Gasteiger partial charge in [0.05, 0.1) is 12.1 Å². The average molecular weight is 301 g/mol. The van der Waals surface area contributed by atoms with Gasteiger partial charge in [0.25, 0.3) is 0 Å². The van der Waals surface area contributed by atoms with Crippen LogP contribution in [-0.2, 0) is 9.47 Å². The number of hydrogen-bond acceptors (Lipinski definition) is 5. The Hall–Kier alpha value is -1.91. The van der Waals surface area contributed by atoms with Gasteiger partial charge in [-0.2, -0.15) is 0 Å². The summed E-state index contributed by atoms with van der Waals surface area (Å²) in [5.74, 6) is 2.27. The first-order valence-electron chi connectivity index (χ1n) is 7.92. The number of hydrogen-bond donors (Lipinski definition) is 0. The molecule has 0 bridgehead atoms. The molecule has 3 rings (SSSR count). The lowest BCUT2D eigenvalue weighted by molar-refractivity contribution is 0.291. The second-order valence-electron chi connectivity index (χ2n) is 6.54. The molecule has 0 amide bonds. The third kappa shape index (κ3) is 2.98. The monoisotopic (exact) mass is 301 g/mol. The van der Waals surface area contributed by atoms with Crippen LogP contribution in [0.25, 0.3) is 0 Å². The van der Waals surface area contributed by atoms with Gasteiger partial charge in [0.15, 0.2) is 0 Å². The maximum atomic E-state index is 5.73. The summed E-state index contributed by atoms with van der Waals surface area (Å²) < 4.78 is 11.4. The molecule has 118 valence electrons. The van der Waals surface area contributed by atoms with Gasteiger partial charge >= 0.3 is 0 Å². The van der Waals surface area contributed by atoms with Crippen LogP contribution in [-0.4, -0.2) is 42.1 Å². The second kappa shape index (κ2) is 6.07. The van der Waals surface area contributed by atoms with Crippen molar-refractivity contribution < 1.29 is 9.47 Å². The van der Waals surface area contributed by atoms with Crippen molar-refractivity contribution >= 4 is 11.8 Å². The third-order valence-electron chi connectivity index (χ3n) is 4.11. The first-order valence-corrected chi connectivity index (χ1v) is 7.92. The Morgan fingerprint density at radius 2 is 1.55 bits per heavy atom. The number of ether oxygens (including phenoxy) is 2. The molecule has 0 N–H and O–H groups in total. The van der Waals surface area contributed by atoms with Crippen LogP contribution in [0.2, 0.25) is 0 Å². The first kappa shape index (κ1) is 15.0. The summed E-state index contributed by atoms with van der Waals surface area (Å²) in [6.45, 7) is 9.90. The van der Waals surface area contributed by atoms with Gasteiger partial charge in [0, 0.05) is 11.8 Å². The highest BCUT2D eigenvalue weighted by Crippen LogP contribution is 2.20. The summed E-state index contributed by atoms with van der Waals surface area (Å²) in [7, 11) is 0. The van der Waals surface area contributed by atoms with E-state index >= 15 is 0 Å². The van der Waals surface area contributed by atoms with E-state index in [1.54, 1.807) is 6.20 Å². The normalized spacial score (nSPS) is 24.3. The summed E-state index contributed by atoms with van der Waals surface area (Å²) in [5.41, 5.74) is 1.69. The number of aromatic nitrogens is 1. The van der Waals surface area contributed by atoms with Gasteiger partial charge in [-0.15, -0.1) is 0 Å². The number of nitrogens with zero attached hydrogens (tertiary/aromatic N) is 3. The highest BCUT2D eigenvalue weighted by molar-refractivity contribution is 5.99. The van der Waals surface area contributed by atoms with Crippen molar-refractivity contribution in [3.63, 3.8) is 0 Å². The zero-order valence-corrected chi connectivity index (χ0v) is 13.6. The van der Waals surface area contributed by atoms with Crippen molar-refractivity contribution in [3.05, 3.63) is 29.6 Å². The molecule has 2 aliphatic heterocycles. The Morgan fingerprint density at radius 3 is 2.14 bits per heavy atom. The van der Waals surface area contributed by atoms with E-state index in [1.165, 1.54) is 0 Å². The van der Waals surface area contributed by atoms with Gasteiger partial charge in [0.1, 0.15) is 18.9 Å². The van der Waals surface area contributed by atoms with Gasteiger partial charge in [-0.05, 0) is 24.0 Å². The zero-order chi connectivity index (χ0) is 15.7. The Kier molecular flexibility index (Phi) is 4.14. The highest BCUT2D eigenvalue weighted by atomic mass is 16.5. The fourth-order valence-corrected chi connectivity index (χ4v) is 2.44. The molecule has 0 unspecified atom stereocenters. The molecular weight excluding hydrogens is 278 g/mol. The summed E-state index contributed by atoms with van der Waals surface area (Å²) >= 11 is 0. The van der Waals surface area contributed by atoms with Crippen molar-refractivity contribution in [1.29, 1.82) is 0 Å². The lowest BCUT2D eigenvalue weighted by atomic mass is 10.1. The molecule has 0 saturated heterocycles. The van der Waals surface area contributed by atoms with Crippen molar-refractivity contribution in [2.24, 2.45) is 21.8 Å². The number of aliphatic imine (C=N–C) groups is 2. The SMILES string of the molecule is CC(C)[C@@H]1COC(c2ccnc(C3=N[C@H](C(C)C)CO3)c2)=N1. The molecule has 1 aromatic heterocycles. The molecule has 0 radical (unpaired) electrons. The van der Waals surface area contributed by atoms with E-state index in [2.05, 4.69) is 42.7 Å². The molecule has 0 aliphatic carbocycles. The molecule has 0 spiro atoms. The Balaban J connectivity index is 1.82. The smallest absolute Gasteiger partial charge is 0.235 e. The molecular formula is C17H23N3O2. The van der Waals surface area contributed by atoms with Crippen molar-refractivity contribution in [2.75, 3.05) is 13.2 Å². The van der Waals surface area contributed by atoms with Crippen molar-refractivity contribution in [1.82, 2.24) is 4.98 Å². The summed E-state index contributed by atoms with van der Waals surface area (Å²) in [4.78, 5) is 13.6. The molecule has 0 fully saturated rings. The number of rotatable bonds is 4. The Labute approximate surface area is 131 Å². The maximum absolute atomic E-state index is 5.73. The fraction of sp³-hybridized carbons (Fsp3) is 0.588. The van der Waals surface area contributed by atoms with E-state index in [-0.39, 0.29) is 12.1 Å². The van der Waals surface area contributed by atoms with Gasteiger partial charge in [-0.25, -0.2) is 9.98 Å². The van der Waals surface area contributed by atoms with Crippen LogP contribution < -0.4 is 0 Å². The highest BCUT2D eigenvalue weighted by Gasteiger charge is 2.26. The van der Waals surface area contributed by atoms with Gasteiger partial charge in [-0.1, -0.05) is 27.7 Å². The van der Waals surface area contributed by atoms with Crippen molar-refractivity contribution in [2.45, 2.75) is 39.8 Å². The summed E-state index contributed by atoms with van der Waals surface area (Å²) in [6, 6.07) is 4.31. The zero-order valence-electron chi connectivity index (χ0n) is 13.6. The largest absolute Gasteiger partial charge is 0.475 e. The van der Waals surface area contributed by atoms with Crippen molar-refractivity contribution in [3.8, 4) is 0 Å². The van der Waals surface area contributed by atoms with E-state index in [9.17, 15) is 0 Å². The molecule has 2 atom stereocenters. The minimum absolute atomic E-state index is 0.214. The van der Waals surface area contributed by atoms with E-state index in [4.69, 9.17) is 9.47 Å². The fourth-order valence-electron chi connectivity index (χ4n) is 2.44. The van der Waals surface area contributed by atoms with E-state index in [0.29, 0.717) is 36.8 Å². The quantitative estimate of drug-likeness (QED) is 0.859. The standard InChI is InChI=1S/C17H23N3O2/c1-10(2)14-8-21-16(19-14)12-5-6-18-13(7-12)17-20-15(9-22-17)11(3)4/h5-7,10-11,14-15H,8-9H2,1-4H3/t14-,15-/m0/s1. The van der Waals surface area contributed by atoms with Gasteiger partial charge in [0.2, 0.25) is 11.8 Å². The second-order valence-corrected chi connectivity index (χ2v) is 6.54. The molecule has 1 aromatic rings. The molecule has 0 aromatic carbocycles. The van der Waals surface area contributed by atoms with Gasteiger partial charge in [-0.3, -0.25) is 4.98 Å². The summed E-state index contributed by atoms with van der Waals surface area (Å²) in [5, 5.41) is 0. The predicted octanol–water partition coefficient (Wildman–Crippen LogP) is 2.68. The van der Waals surface area contributed by atoms with Crippen LogP contribution in [0.15, 0.2) is 28.3 Å².